The number of carbonyl (C=O) groups is 1. The van der Waals surface area contributed by atoms with Crippen molar-refractivity contribution in [2.75, 3.05) is 6.61 Å². The van der Waals surface area contributed by atoms with E-state index in [0.29, 0.717) is 30.5 Å². The molecule has 2 N–H and O–H groups in total. The fourth-order valence-corrected chi connectivity index (χ4v) is 7.47. The van der Waals surface area contributed by atoms with Gasteiger partial charge in [0.25, 0.3) is 0 Å². The van der Waals surface area contributed by atoms with Gasteiger partial charge in [-0.1, -0.05) is 26.0 Å². The van der Waals surface area contributed by atoms with Crippen molar-refractivity contribution in [2.24, 2.45) is 34.0 Å². The standard InChI is InChI=1S/C20H30O3/c1-12-7-20-8-13(12)4-5-15(20)19(3)10-14(22)9-18(2,11-21)16(19)6-17(20)23/h13,15-17,21,23H,1,4-11H2,2-3H3/t13-,15-,16-,17-,18+,19-,20-/m0/s1. The van der Waals surface area contributed by atoms with Crippen LogP contribution < -0.4 is 0 Å². The summed E-state index contributed by atoms with van der Waals surface area (Å²) in [4.78, 5) is 12.5. The highest BCUT2D eigenvalue weighted by Gasteiger charge is 2.67. The van der Waals surface area contributed by atoms with Crippen LogP contribution in [0.2, 0.25) is 0 Å². The van der Waals surface area contributed by atoms with Gasteiger partial charge in [-0.05, 0) is 55.3 Å². The van der Waals surface area contributed by atoms with E-state index in [1.54, 1.807) is 0 Å². The normalized spacial score (nSPS) is 55.5. The molecule has 3 nitrogen and oxygen atoms in total. The van der Waals surface area contributed by atoms with Gasteiger partial charge in [-0.15, -0.1) is 0 Å². The van der Waals surface area contributed by atoms with Crippen LogP contribution in [-0.4, -0.2) is 28.7 Å². The second-order valence-electron chi connectivity index (χ2n) is 9.61. The number of carbonyl (C=O) groups excluding carboxylic acids is 1. The minimum absolute atomic E-state index is 0.0424. The van der Waals surface area contributed by atoms with Crippen molar-refractivity contribution in [3.05, 3.63) is 12.2 Å². The Bertz CT molecular complexity index is 569. The Balaban J connectivity index is 1.81. The van der Waals surface area contributed by atoms with Crippen LogP contribution in [0.3, 0.4) is 0 Å². The van der Waals surface area contributed by atoms with Gasteiger partial charge in [-0.25, -0.2) is 0 Å². The van der Waals surface area contributed by atoms with E-state index in [1.807, 2.05) is 0 Å². The topological polar surface area (TPSA) is 57.5 Å². The van der Waals surface area contributed by atoms with E-state index in [-0.39, 0.29) is 34.9 Å². The molecule has 0 aromatic rings. The quantitative estimate of drug-likeness (QED) is 0.731. The van der Waals surface area contributed by atoms with E-state index in [0.717, 1.165) is 32.1 Å². The molecule has 128 valence electrons. The van der Waals surface area contributed by atoms with Gasteiger partial charge in [0, 0.05) is 30.3 Å². The lowest BCUT2D eigenvalue weighted by Crippen LogP contribution is -2.63. The van der Waals surface area contributed by atoms with E-state index in [4.69, 9.17) is 0 Å². The maximum absolute atomic E-state index is 12.5. The van der Waals surface area contributed by atoms with Gasteiger partial charge in [0.15, 0.2) is 0 Å². The van der Waals surface area contributed by atoms with E-state index in [1.165, 1.54) is 5.57 Å². The van der Waals surface area contributed by atoms with Gasteiger partial charge >= 0.3 is 0 Å². The zero-order valence-corrected chi connectivity index (χ0v) is 14.5. The highest BCUT2D eigenvalue weighted by Crippen LogP contribution is 2.71. The van der Waals surface area contributed by atoms with Gasteiger partial charge < -0.3 is 10.2 Å². The zero-order valence-electron chi connectivity index (χ0n) is 14.5. The third-order valence-corrected chi connectivity index (χ3v) is 8.35. The molecule has 0 saturated heterocycles. The first-order chi connectivity index (χ1) is 10.7. The van der Waals surface area contributed by atoms with Gasteiger partial charge in [-0.3, -0.25) is 4.79 Å². The highest BCUT2D eigenvalue weighted by molar-refractivity contribution is 5.81. The molecule has 2 bridgehead atoms. The summed E-state index contributed by atoms with van der Waals surface area (Å²) >= 11 is 0. The zero-order chi connectivity index (χ0) is 16.6. The summed E-state index contributed by atoms with van der Waals surface area (Å²) in [5.41, 5.74) is 0.806. The molecule has 4 aliphatic carbocycles. The van der Waals surface area contributed by atoms with Crippen LogP contribution in [0.5, 0.6) is 0 Å². The molecule has 23 heavy (non-hydrogen) atoms. The fourth-order valence-electron chi connectivity index (χ4n) is 7.47. The largest absolute Gasteiger partial charge is 0.396 e. The Morgan fingerprint density at radius 1 is 1.17 bits per heavy atom. The van der Waals surface area contributed by atoms with Crippen LogP contribution in [-0.2, 0) is 4.79 Å². The molecule has 4 fully saturated rings. The summed E-state index contributed by atoms with van der Waals surface area (Å²) in [5.74, 6) is 1.48. The molecule has 1 spiro atoms. The summed E-state index contributed by atoms with van der Waals surface area (Å²) in [5, 5.41) is 21.2. The average Bonchev–Trinajstić information content (AvgIpc) is 2.73. The minimum Gasteiger partial charge on any atom is -0.396 e. The van der Waals surface area contributed by atoms with Crippen molar-refractivity contribution in [3.63, 3.8) is 0 Å². The van der Waals surface area contributed by atoms with Gasteiger partial charge in [0.1, 0.15) is 5.78 Å². The molecule has 0 unspecified atom stereocenters. The minimum atomic E-state index is -0.376. The third-order valence-electron chi connectivity index (χ3n) is 8.35. The maximum Gasteiger partial charge on any atom is 0.134 e. The molecule has 7 atom stereocenters. The van der Waals surface area contributed by atoms with Crippen LogP contribution in [0.15, 0.2) is 12.2 Å². The molecule has 0 aromatic heterocycles. The highest BCUT2D eigenvalue weighted by atomic mass is 16.3. The Labute approximate surface area is 139 Å². The molecule has 0 radical (unpaired) electrons. The Kier molecular flexibility index (Phi) is 3.23. The van der Waals surface area contributed by atoms with Crippen molar-refractivity contribution in [3.8, 4) is 0 Å². The lowest BCUT2D eigenvalue weighted by molar-refractivity contribution is -0.204. The second kappa shape index (κ2) is 4.70. The van der Waals surface area contributed by atoms with E-state index in [2.05, 4.69) is 20.4 Å². The smallest absolute Gasteiger partial charge is 0.134 e. The Hall–Kier alpha value is -0.670. The molecule has 4 aliphatic rings. The predicted molar refractivity (Wildman–Crippen MR) is 88.7 cm³/mol. The van der Waals surface area contributed by atoms with Gasteiger partial charge in [0.05, 0.1) is 6.10 Å². The number of hydrogen-bond donors (Lipinski definition) is 2. The van der Waals surface area contributed by atoms with Crippen molar-refractivity contribution in [2.45, 2.75) is 64.9 Å². The summed E-state index contributed by atoms with van der Waals surface area (Å²) in [6, 6.07) is 0. The lowest BCUT2D eigenvalue weighted by atomic mass is 9.40. The van der Waals surface area contributed by atoms with E-state index in [9.17, 15) is 15.0 Å². The van der Waals surface area contributed by atoms with E-state index < -0.39 is 0 Å². The number of rotatable bonds is 1. The monoisotopic (exact) mass is 318 g/mol. The molecule has 0 aliphatic heterocycles. The summed E-state index contributed by atoms with van der Waals surface area (Å²) in [6.07, 6.45) is 5.77. The second-order valence-corrected chi connectivity index (χ2v) is 9.61. The maximum atomic E-state index is 12.5. The van der Waals surface area contributed by atoms with Crippen LogP contribution in [0.25, 0.3) is 0 Å². The summed E-state index contributed by atoms with van der Waals surface area (Å²) < 4.78 is 0. The predicted octanol–water partition coefficient (Wildman–Crippen LogP) is 3.10. The first-order valence-corrected chi connectivity index (χ1v) is 9.23. The number of aliphatic hydroxyl groups is 2. The number of aliphatic hydroxyl groups excluding tert-OH is 2. The van der Waals surface area contributed by atoms with Crippen LogP contribution in [0, 0.1) is 34.0 Å². The summed E-state index contributed by atoms with van der Waals surface area (Å²) in [6.45, 7) is 8.66. The Morgan fingerprint density at radius 2 is 1.91 bits per heavy atom. The van der Waals surface area contributed by atoms with Crippen LogP contribution in [0.4, 0.5) is 0 Å². The molecule has 3 heteroatoms. The number of fused-ring (bicyclic) bond motifs is 3. The molecule has 4 rings (SSSR count). The summed E-state index contributed by atoms with van der Waals surface area (Å²) in [7, 11) is 0. The number of ketones is 1. The van der Waals surface area contributed by atoms with Gasteiger partial charge in [-0.2, -0.15) is 0 Å². The average molecular weight is 318 g/mol. The first kappa shape index (κ1) is 15.8. The van der Waals surface area contributed by atoms with E-state index >= 15 is 0 Å². The Morgan fingerprint density at radius 3 is 2.61 bits per heavy atom. The molecule has 0 amide bonds. The molecular formula is C20H30O3. The molecule has 0 aromatic carbocycles. The number of hydrogen-bond acceptors (Lipinski definition) is 3. The molecule has 0 heterocycles. The number of allylic oxidation sites excluding steroid dienone is 1. The van der Waals surface area contributed by atoms with Crippen molar-refractivity contribution in [1.82, 2.24) is 0 Å². The molecular weight excluding hydrogens is 288 g/mol. The van der Waals surface area contributed by atoms with Crippen molar-refractivity contribution >= 4 is 5.78 Å². The third kappa shape index (κ3) is 1.87. The lowest BCUT2D eigenvalue weighted by Gasteiger charge is -2.65. The SMILES string of the molecule is C=C1C[C@]23C[C@@H]1CC[C@H]2[C@]1(C)CC(=O)C[C@](C)(CO)[C@@H]1C[C@@H]3O. The van der Waals surface area contributed by atoms with Crippen molar-refractivity contribution in [1.29, 1.82) is 0 Å². The van der Waals surface area contributed by atoms with Gasteiger partial charge in [0.2, 0.25) is 0 Å². The first-order valence-electron chi connectivity index (χ1n) is 9.23. The van der Waals surface area contributed by atoms with Crippen LogP contribution >= 0.6 is 0 Å². The van der Waals surface area contributed by atoms with Crippen molar-refractivity contribution < 1.29 is 15.0 Å². The van der Waals surface area contributed by atoms with Crippen LogP contribution in [0.1, 0.15) is 58.8 Å². The fraction of sp³-hybridized carbons (Fsp3) is 0.850. The molecule has 4 saturated carbocycles. The number of Topliss-reactive ketones (excluding diaryl/α,β-unsaturated/α-hetero) is 1.